The predicted molar refractivity (Wildman–Crippen MR) is 75.4 cm³/mol. The highest BCUT2D eigenvalue weighted by Crippen LogP contribution is 2.30. The Kier molecular flexibility index (Phi) is 7.61. The molecule has 1 aromatic carbocycles. The lowest BCUT2D eigenvalue weighted by molar-refractivity contribution is -0.385. The van der Waals surface area contributed by atoms with E-state index in [2.05, 4.69) is 4.74 Å². The van der Waals surface area contributed by atoms with Crippen LogP contribution < -0.4 is 10.5 Å². The zero-order chi connectivity index (χ0) is 15.3. The van der Waals surface area contributed by atoms with Gasteiger partial charge in [0.05, 0.1) is 24.7 Å². The molecule has 0 bridgehead atoms. The topological polar surface area (TPSA) is 105 Å². The Morgan fingerprint density at radius 2 is 2.14 bits per heavy atom. The van der Waals surface area contributed by atoms with Crippen molar-refractivity contribution in [3.8, 4) is 5.75 Å². The number of carbonyl (C=O) groups excluding carboxylic acids is 1. The smallest absolute Gasteiger partial charge is 0.342 e. The molecule has 0 aliphatic heterocycles. The number of nitro groups is 1. The molecule has 118 valence electrons. The SMILES string of the molecule is CCOC(=O)C(F)[C@@H](N)c1ccc(OC)c([N+](=O)[O-])c1.Cl. The first-order valence-corrected chi connectivity index (χ1v) is 5.81. The Labute approximate surface area is 126 Å². The number of ether oxygens (including phenoxy) is 2. The van der Waals surface area contributed by atoms with Crippen molar-refractivity contribution in [1.29, 1.82) is 0 Å². The van der Waals surface area contributed by atoms with Crippen LogP contribution in [0.2, 0.25) is 0 Å². The summed E-state index contributed by atoms with van der Waals surface area (Å²) in [5.74, 6) is -1.07. The fourth-order valence-electron chi connectivity index (χ4n) is 1.59. The van der Waals surface area contributed by atoms with Crippen molar-refractivity contribution in [3.05, 3.63) is 33.9 Å². The Morgan fingerprint density at radius 3 is 2.62 bits per heavy atom. The maximum Gasteiger partial charge on any atom is 0.342 e. The summed E-state index contributed by atoms with van der Waals surface area (Å²) in [6.07, 6.45) is -2.09. The molecule has 2 atom stereocenters. The number of hydrogen-bond donors (Lipinski definition) is 1. The molecule has 0 fully saturated rings. The van der Waals surface area contributed by atoms with Crippen LogP contribution in [-0.4, -0.2) is 30.8 Å². The highest BCUT2D eigenvalue weighted by atomic mass is 35.5. The standard InChI is InChI=1S/C12H15FN2O5.ClH/c1-3-20-12(16)10(13)11(14)7-4-5-9(19-2)8(6-7)15(17)18;/h4-6,10-11H,3,14H2,1-2H3;1H/t10?,11-;/m0./s1. The van der Waals surface area contributed by atoms with Crippen molar-refractivity contribution in [2.75, 3.05) is 13.7 Å². The fourth-order valence-corrected chi connectivity index (χ4v) is 1.59. The second kappa shape index (κ2) is 8.38. The number of carbonyl (C=O) groups is 1. The summed E-state index contributed by atoms with van der Waals surface area (Å²) in [5, 5.41) is 10.9. The van der Waals surface area contributed by atoms with Crippen LogP contribution in [0, 0.1) is 10.1 Å². The number of rotatable bonds is 6. The van der Waals surface area contributed by atoms with Gasteiger partial charge in [-0.25, -0.2) is 9.18 Å². The number of alkyl halides is 1. The van der Waals surface area contributed by atoms with Crippen molar-refractivity contribution in [2.45, 2.75) is 19.1 Å². The molecule has 0 aliphatic carbocycles. The molecule has 0 saturated heterocycles. The van der Waals surface area contributed by atoms with Gasteiger partial charge >= 0.3 is 11.7 Å². The number of halogens is 2. The molecule has 0 spiro atoms. The molecule has 0 saturated carbocycles. The molecule has 1 aromatic rings. The van der Waals surface area contributed by atoms with Gasteiger partial charge in [0, 0.05) is 6.07 Å². The van der Waals surface area contributed by atoms with Gasteiger partial charge in [-0.05, 0) is 18.6 Å². The van der Waals surface area contributed by atoms with Crippen LogP contribution in [0.1, 0.15) is 18.5 Å². The summed E-state index contributed by atoms with van der Waals surface area (Å²) in [6.45, 7) is 1.56. The number of nitrogens with two attached hydrogens (primary N) is 1. The summed E-state index contributed by atoms with van der Waals surface area (Å²) < 4.78 is 23.1. The van der Waals surface area contributed by atoms with Crippen LogP contribution in [0.15, 0.2) is 18.2 Å². The molecule has 2 N–H and O–H groups in total. The van der Waals surface area contributed by atoms with E-state index in [0.29, 0.717) is 0 Å². The Morgan fingerprint density at radius 1 is 1.52 bits per heavy atom. The molecular formula is C12H16ClFN2O5. The number of benzene rings is 1. The number of methoxy groups -OCH3 is 1. The lowest BCUT2D eigenvalue weighted by Crippen LogP contribution is -2.31. The van der Waals surface area contributed by atoms with Gasteiger partial charge in [-0.1, -0.05) is 6.07 Å². The molecule has 21 heavy (non-hydrogen) atoms. The average molecular weight is 323 g/mol. The first-order chi connectivity index (χ1) is 9.42. The highest BCUT2D eigenvalue weighted by Gasteiger charge is 2.29. The average Bonchev–Trinajstić information content (AvgIpc) is 2.45. The van der Waals surface area contributed by atoms with E-state index in [1.165, 1.54) is 26.2 Å². The van der Waals surface area contributed by atoms with Gasteiger partial charge in [0.1, 0.15) is 0 Å². The van der Waals surface area contributed by atoms with Gasteiger partial charge in [-0.15, -0.1) is 12.4 Å². The van der Waals surface area contributed by atoms with E-state index in [4.69, 9.17) is 10.5 Å². The molecule has 9 heteroatoms. The van der Waals surface area contributed by atoms with Gasteiger partial charge in [0.2, 0.25) is 6.17 Å². The molecule has 0 amide bonds. The minimum Gasteiger partial charge on any atom is -0.490 e. The third-order valence-electron chi connectivity index (χ3n) is 2.61. The van der Waals surface area contributed by atoms with Gasteiger partial charge in [0.15, 0.2) is 5.75 Å². The van der Waals surface area contributed by atoms with Crippen molar-refractivity contribution >= 4 is 24.1 Å². The molecule has 0 radical (unpaired) electrons. The lowest BCUT2D eigenvalue weighted by atomic mass is 10.0. The number of esters is 1. The van der Waals surface area contributed by atoms with Crippen LogP contribution in [0.25, 0.3) is 0 Å². The molecular weight excluding hydrogens is 307 g/mol. The van der Waals surface area contributed by atoms with Crippen LogP contribution in [0.5, 0.6) is 5.75 Å². The van der Waals surface area contributed by atoms with Crippen molar-refractivity contribution in [3.63, 3.8) is 0 Å². The monoisotopic (exact) mass is 322 g/mol. The molecule has 7 nitrogen and oxygen atoms in total. The summed E-state index contributed by atoms with van der Waals surface area (Å²) in [7, 11) is 1.28. The molecule has 0 aliphatic rings. The van der Waals surface area contributed by atoms with Gasteiger partial charge in [-0.3, -0.25) is 10.1 Å². The third-order valence-corrected chi connectivity index (χ3v) is 2.61. The van der Waals surface area contributed by atoms with Gasteiger partial charge < -0.3 is 15.2 Å². The zero-order valence-electron chi connectivity index (χ0n) is 11.4. The fraction of sp³-hybridized carbons (Fsp3) is 0.417. The summed E-state index contributed by atoms with van der Waals surface area (Å²) in [4.78, 5) is 21.5. The normalized spacial score (nSPS) is 12.8. The molecule has 1 rings (SSSR count). The minimum absolute atomic E-state index is 0. The van der Waals surface area contributed by atoms with Crippen LogP contribution in [0.3, 0.4) is 0 Å². The first-order valence-electron chi connectivity index (χ1n) is 5.81. The summed E-state index contributed by atoms with van der Waals surface area (Å²) >= 11 is 0. The maximum atomic E-state index is 13.8. The zero-order valence-corrected chi connectivity index (χ0v) is 12.3. The lowest BCUT2D eigenvalue weighted by Gasteiger charge is -2.16. The number of nitro benzene ring substituents is 1. The van der Waals surface area contributed by atoms with E-state index < -0.39 is 23.1 Å². The Hall–Kier alpha value is -1.93. The summed E-state index contributed by atoms with van der Waals surface area (Å²) in [6, 6.07) is 2.39. The third kappa shape index (κ3) is 4.54. The quantitative estimate of drug-likeness (QED) is 0.487. The van der Waals surface area contributed by atoms with Crippen LogP contribution in [0.4, 0.5) is 10.1 Å². The van der Waals surface area contributed by atoms with Crippen LogP contribution in [-0.2, 0) is 9.53 Å². The molecule has 0 aromatic heterocycles. The first kappa shape index (κ1) is 19.1. The highest BCUT2D eigenvalue weighted by molar-refractivity contribution is 5.85. The van der Waals surface area contributed by atoms with Crippen LogP contribution >= 0.6 is 12.4 Å². The van der Waals surface area contributed by atoms with E-state index in [-0.39, 0.29) is 36.0 Å². The van der Waals surface area contributed by atoms with Crippen molar-refractivity contribution in [1.82, 2.24) is 0 Å². The van der Waals surface area contributed by atoms with E-state index in [1.54, 1.807) is 0 Å². The Balaban J connectivity index is 0.00000400. The van der Waals surface area contributed by atoms with Gasteiger partial charge in [0.25, 0.3) is 0 Å². The minimum atomic E-state index is -2.09. The summed E-state index contributed by atoms with van der Waals surface area (Å²) in [5.41, 5.74) is 5.35. The van der Waals surface area contributed by atoms with Crippen molar-refractivity contribution < 1.29 is 23.6 Å². The largest absolute Gasteiger partial charge is 0.490 e. The van der Waals surface area contributed by atoms with E-state index in [0.717, 1.165) is 6.07 Å². The predicted octanol–water partition coefficient (Wildman–Crippen LogP) is 1.93. The second-order valence-corrected chi connectivity index (χ2v) is 3.87. The second-order valence-electron chi connectivity index (χ2n) is 3.87. The molecule has 1 unspecified atom stereocenters. The maximum absolute atomic E-state index is 13.8. The Bertz CT molecular complexity index is 514. The van der Waals surface area contributed by atoms with Crippen molar-refractivity contribution in [2.24, 2.45) is 5.73 Å². The van der Waals surface area contributed by atoms with E-state index in [9.17, 15) is 19.3 Å². The number of nitrogens with zero attached hydrogens (tertiary/aromatic N) is 1. The molecule has 0 heterocycles. The van der Waals surface area contributed by atoms with E-state index in [1.807, 2.05) is 0 Å². The number of hydrogen-bond acceptors (Lipinski definition) is 6. The van der Waals surface area contributed by atoms with E-state index >= 15 is 0 Å². The van der Waals surface area contributed by atoms with Gasteiger partial charge in [-0.2, -0.15) is 0 Å².